The van der Waals surface area contributed by atoms with E-state index in [1.807, 2.05) is 6.08 Å². The van der Waals surface area contributed by atoms with Crippen molar-refractivity contribution in [2.45, 2.75) is 18.9 Å². The van der Waals surface area contributed by atoms with Gasteiger partial charge in [-0.2, -0.15) is 0 Å². The Morgan fingerprint density at radius 3 is 2.56 bits per heavy atom. The molecule has 54 valence electrons. The molecule has 2 nitrogen and oxygen atoms in total. The molecule has 1 saturated heterocycles. The average Bonchev–Trinajstić information content (AvgIpc) is 2.43. The van der Waals surface area contributed by atoms with Crippen LogP contribution < -0.4 is 5.32 Å². The van der Waals surface area contributed by atoms with Gasteiger partial charge in [-0.25, -0.2) is 0 Å². The van der Waals surface area contributed by atoms with E-state index < -0.39 is 0 Å². The van der Waals surface area contributed by atoms with E-state index in [1.165, 1.54) is 19.4 Å². The van der Waals surface area contributed by atoms with Crippen molar-refractivity contribution >= 4 is 0 Å². The Hall–Kier alpha value is -0.340. The lowest BCUT2D eigenvalue weighted by Crippen LogP contribution is -2.17. The Balaban J connectivity index is 0.000000291. The average molecular weight is 129 g/mol. The zero-order chi connectivity index (χ0) is 7.11. The van der Waals surface area contributed by atoms with Gasteiger partial charge in [0.1, 0.15) is 0 Å². The largest absolute Gasteiger partial charge is 0.400 e. The highest BCUT2D eigenvalue weighted by Crippen LogP contribution is 2.03. The van der Waals surface area contributed by atoms with Crippen molar-refractivity contribution in [2.24, 2.45) is 0 Å². The molecule has 0 aliphatic carbocycles. The normalized spacial score (nSPS) is 24.4. The molecule has 0 bridgehead atoms. The summed E-state index contributed by atoms with van der Waals surface area (Å²) in [7, 11) is 1.00. The van der Waals surface area contributed by atoms with Crippen LogP contribution in [0.4, 0.5) is 0 Å². The molecule has 1 aliphatic rings. The number of hydrogen-bond donors (Lipinski definition) is 2. The van der Waals surface area contributed by atoms with Crippen molar-refractivity contribution in [1.82, 2.24) is 5.32 Å². The smallest absolute Gasteiger partial charge is 0.0319 e. The SMILES string of the molecule is C=CC1CCCN1.CO. The van der Waals surface area contributed by atoms with Crippen LogP contribution in [0.5, 0.6) is 0 Å². The van der Waals surface area contributed by atoms with Gasteiger partial charge in [0.25, 0.3) is 0 Å². The van der Waals surface area contributed by atoms with Crippen LogP contribution in [0.3, 0.4) is 0 Å². The molecule has 0 radical (unpaired) electrons. The zero-order valence-corrected chi connectivity index (χ0v) is 5.93. The summed E-state index contributed by atoms with van der Waals surface area (Å²) in [4.78, 5) is 0. The number of hydrogen-bond acceptors (Lipinski definition) is 2. The molecule has 2 N–H and O–H groups in total. The molecule has 0 amide bonds. The number of nitrogens with one attached hydrogen (secondary N) is 1. The first-order valence-electron chi connectivity index (χ1n) is 3.24. The predicted octanol–water partition coefficient (Wildman–Crippen LogP) is 0.533. The van der Waals surface area contributed by atoms with E-state index in [9.17, 15) is 0 Å². The minimum atomic E-state index is 0.611. The molecule has 1 atom stereocenters. The summed E-state index contributed by atoms with van der Waals surface area (Å²) >= 11 is 0. The fourth-order valence-electron chi connectivity index (χ4n) is 0.913. The van der Waals surface area contributed by atoms with Crippen molar-refractivity contribution in [3.8, 4) is 0 Å². The van der Waals surface area contributed by atoms with Crippen LogP contribution in [0, 0.1) is 0 Å². The van der Waals surface area contributed by atoms with Gasteiger partial charge in [-0.15, -0.1) is 6.58 Å². The van der Waals surface area contributed by atoms with Crippen LogP contribution in [0.15, 0.2) is 12.7 Å². The van der Waals surface area contributed by atoms with E-state index in [-0.39, 0.29) is 0 Å². The third kappa shape index (κ3) is 3.27. The summed E-state index contributed by atoms with van der Waals surface area (Å²) in [6, 6.07) is 0.611. The van der Waals surface area contributed by atoms with Gasteiger partial charge in [-0.05, 0) is 19.4 Å². The lowest BCUT2D eigenvalue weighted by Gasteiger charge is -1.97. The van der Waals surface area contributed by atoms with Crippen LogP contribution in [-0.4, -0.2) is 24.8 Å². The minimum absolute atomic E-state index is 0.611. The molecule has 9 heavy (non-hydrogen) atoms. The molecular formula is C7H15NO. The second-order valence-corrected chi connectivity index (χ2v) is 1.94. The van der Waals surface area contributed by atoms with Gasteiger partial charge in [-0.1, -0.05) is 6.08 Å². The van der Waals surface area contributed by atoms with E-state index in [0.29, 0.717) is 6.04 Å². The van der Waals surface area contributed by atoms with Crippen molar-refractivity contribution in [3.05, 3.63) is 12.7 Å². The first-order valence-corrected chi connectivity index (χ1v) is 3.24. The highest BCUT2D eigenvalue weighted by Gasteiger charge is 2.07. The monoisotopic (exact) mass is 129 g/mol. The van der Waals surface area contributed by atoms with Gasteiger partial charge in [0, 0.05) is 13.2 Å². The Bertz CT molecular complexity index is 67.3. The summed E-state index contributed by atoms with van der Waals surface area (Å²) < 4.78 is 0. The van der Waals surface area contributed by atoms with E-state index in [1.54, 1.807) is 0 Å². The van der Waals surface area contributed by atoms with Crippen molar-refractivity contribution in [1.29, 1.82) is 0 Å². The quantitative estimate of drug-likeness (QED) is 0.506. The second kappa shape index (κ2) is 5.79. The molecule has 0 aromatic carbocycles. The predicted molar refractivity (Wildman–Crippen MR) is 39.4 cm³/mol. The fourth-order valence-corrected chi connectivity index (χ4v) is 0.913. The number of aliphatic hydroxyl groups is 1. The van der Waals surface area contributed by atoms with E-state index in [4.69, 9.17) is 5.11 Å². The Kier molecular flexibility index (Phi) is 5.57. The lowest BCUT2D eigenvalue weighted by atomic mass is 10.2. The topological polar surface area (TPSA) is 32.3 Å². The zero-order valence-electron chi connectivity index (χ0n) is 5.93. The van der Waals surface area contributed by atoms with Crippen molar-refractivity contribution in [2.75, 3.05) is 13.7 Å². The van der Waals surface area contributed by atoms with Crippen LogP contribution in [0.2, 0.25) is 0 Å². The standard InChI is InChI=1S/C6H11N.CH4O/c1-2-6-4-3-5-7-6;1-2/h2,6-7H,1,3-5H2;2H,1H3. The molecule has 0 aromatic rings. The van der Waals surface area contributed by atoms with Crippen LogP contribution in [0.25, 0.3) is 0 Å². The lowest BCUT2D eigenvalue weighted by molar-refractivity contribution is 0.399. The Labute approximate surface area is 56.6 Å². The highest BCUT2D eigenvalue weighted by molar-refractivity contribution is 4.88. The molecule has 0 aromatic heterocycles. The fraction of sp³-hybridized carbons (Fsp3) is 0.714. The first kappa shape index (κ1) is 8.66. The summed E-state index contributed by atoms with van der Waals surface area (Å²) in [5.41, 5.74) is 0. The molecule has 1 heterocycles. The summed E-state index contributed by atoms with van der Waals surface area (Å²) in [6.45, 7) is 4.86. The van der Waals surface area contributed by atoms with Crippen molar-refractivity contribution < 1.29 is 5.11 Å². The van der Waals surface area contributed by atoms with E-state index in [2.05, 4.69) is 11.9 Å². The van der Waals surface area contributed by atoms with Crippen LogP contribution in [-0.2, 0) is 0 Å². The first-order chi connectivity index (χ1) is 4.43. The molecule has 1 rings (SSSR count). The molecule has 1 aliphatic heterocycles. The maximum atomic E-state index is 7.00. The number of aliphatic hydroxyl groups excluding tert-OH is 1. The van der Waals surface area contributed by atoms with Crippen molar-refractivity contribution in [3.63, 3.8) is 0 Å². The van der Waals surface area contributed by atoms with E-state index in [0.717, 1.165) is 7.11 Å². The Morgan fingerprint density at radius 1 is 1.67 bits per heavy atom. The molecular weight excluding hydrogens is 114 g/mol. The maximum absolute atomic E-state index is 7.00. The molecule has 1 fully saturated rings. The van der Waals surface area contributed by atoms with Gasteiger partial charge in [-0.3, -0.25) is 0 Å². The van der Waals surface area contributed by atoms with Gasteiger partial charge in [0.05, 0.1) is 0 Å². The third-order valence-corrected chi connectivity index (χ3v) is 1.38. The van der Waals surface area contributed by atoms with Crippen LogP contribution >= 0.6 is 0 Å². The number of rotatable bonds is 1. The third-order valence-electron chi connectivity index (χ3n) is 1.38. The second-order valence-electron chi connectivity index (χ2n) is 1.94. The van der Waals surface area contributed by atoms with Gasteiger partial charge < -0.3 is 10.4 Å². The summed E-state index contributed by atoms with van der Waals surface area (Å²) in [6.07, 6.45) is 4.58. The molecule has 0 spiro atoms. The molecule has 0 saturated carbocycles. The maximum Gasteiger partial charge on any atom is 0.0319 e. The van der Waals surface area contributed by atoms with E-state index >= 15 is 0 Å². The van der Waals surface area contributed by atoms with Gasteiger partial charge >= 0.3 is 0 Å². The Morgan fingerprint density at radius 2 is 2.33 bits per heavy atom. The summed E-state index contributed by atoms with van der Waals surface area (Å²) in [5.74, 6) is 0. The van der Waals surface area contributed by atoms with Crippen LogP contribution in [0.1, 0.15) is 12.8 Å². The summed E-state index contributed by atoms with van der Waals surface area (Å²) in [5, 5.41) is 10.3. The molecule has 2 heteroatoms. The minimum Gasteiger partial charge on any atom is -0.400 e. The molecule has 1 unspecified atom stereocenters. The van der Waals surface area contributed by atoms with Gasteiger partial charge in [0.2, 0.25) is 0 Å². The highest BCUT2D eigenvalue weighted by atomic mass is 16.2. The van der Waals surface area contributed by atoms with Gasteiger partial charge in [0.15, 0.2) is 0 Å².